The van der Waals surface area contributed by atoms with Gasteiger partial charge < -0.3 is 30.9 Å². The second kappa shape index (κ2) is 12.0. The number of anilines is 2. The second-order valence-corrected chi connectivity index (χ2v) is 7.95. The van der Waals surface area contributed by atoms with Crippen molar-refractivity contribution in [2.45, 2.75) is 26.6 Å². The van der Waals surface area contributed by atoms with Crippen molar-refractivity contribution in [2.24, 2.45) is 0 Å². The Kier molecular flexibility index (Phi) is 8.77. The lowest BCUT2D eigenvalue weighted by molar-refractivity contribution is -0.192. The molecule has 0 atom stereocenters. The number of fused-ring (bicyclic) bond motifs is 2. The van der Waals surface area contributed by atoms with E-state index in [1.54, 1.807) is 38.6 Å². The van der Waals surface area contributed by atoms with Gasteiger partial charge in [0.05, 0.1) is 31.9 Å². The second-order valence-electron chi connectivity index (χ2n) is 7.95. The molecule has 210 valence electrons. The van der Waals surface area contributed by atoms with Gasteiger partial charge in [0, 0.05) is 0 Å². The van der Waals surface area contributed by atoms with Crippen molar-refractivity contribution in [3.8, 4) is 0 Å². The van der Waals surface area contributed by atoms with Crippen LogP contribution < -0.4 is 11.5 Å². The Balaban J connectivity index is 0.000000203. The molecule has 5 aromatic rings. The number of nitrogens with one attached hydrogen (secondary N) is 1. The average Bonchev–Trinajstić information content (AvgIpc) is 3.52. The first-order valence-electron chi connectivity index (χ1n) is 11.2. The number of aromatic amines is 1. The largest absolute Gasteiger partial charge is 0.490 e. The molecule has 0 saturated heterocycles. The van der Waals surface area contributed by atoms with Crippen LogP contribution in [0.4, 0.5) is 24.8 Å². The molecule has 0 aliphatic heterocycles. The molecule has 14 nitrogen and oxygen atoms in total. The van der Waals surface area contributed by atoms with Crippen molar-refractivity contribution >= 4 is 45.9 Å². The number of aliphatic carboxylic acids is 1. The number of nitrogens with zero attached hydrogens (tertiary/aromatic N) is 7. The van der Waals surface area contributed by atoms with Gasteiger partial charge in [-0.25, -0.2) is 39.5 Å². The summed E-state index contributed by atoms with van der Waals surface area (Å²) in [6.45, 7) is 4.15. The SMILES string of the molecule is COC(=O)c1ccc(Cn2cnc3c(N)nc(C)nc32)cc1.Cc1nc(N)c2[nH]cnc2n1.O=C(O)C(F)(F)F. The highest BCUT2D eigenvalue weighted by Crippen LogP contribution is 2.18. The molecule has 0 fully saturated rings. The van der Waals surface area contributed by atoms with Crippen LogP contribution in [0, 0.1) is 13.8 Å². The summed E-state index contributed by atoms with van der Waals surface area (Å²) in [4.78, 5) is 47.9. The Morgan fingerprint density at radius 2 is 1.60 bits per heavy atom. The lowest BCUT2D eigenvalue weighted by atomic mass is 10.1. The molecule has 0 aliphatic rings. The number of carboxylic acid groups (broad SMARTS) is 1. The summed E-state index contributed by atoms with van der Waals surface area (Å²) in [6, 6.07) is 7.20. The number of imidazole rings is 2. The Morgan fingerprint density at radius 1 is 1.00 bits per heavy atom. The minimum Gasteiger partial charge on any atom is -0.475 e. The molecule has 0 radical (unpaired) electrons. The number of rotatable bonds is 3. The van der Waals surface area contributed by atoms with Gasteiger partial charge in [0.1, 0.15) is 22.7 Å². The topological polar surface area (TPSA) is 214 Å². The van der Waals surface area contributed by atoms with E-state index in [0.29, 0.717) is 57.7 Å². The third-order valence-corrected chi connectivity index (χ3v) is 5.00. The molecule has 0 saturated carbocycles. The fraction of sp³-hybridized carbons (Fsp3) is 0.217. The molecule has 4 heterocycles. The number of hydrogen-bond donors (Lipinski definition) is 4. The van der Waals surface area contributed by atoms with Crippen LogP contribution in [0.25, 0.3) is 22.3 Å². The predicted molar refractivity (Wildman–Crippen MR) is 136 cm³/mol. The van der Waals surface area contributed by atoms with Crippen LogP contribution >= 0.6 is 0 Å². The Labute approximate surface area is 223 Å². The maximum absolute atomic E-state index is 11.4. The maximum atomic E-state index is 11.4. The molecule has 0 spiro atoms. The zero-order valence-corrected chi connectivity index (χ0v) is 21.3. The monoisotopic (exact) mass is 560 g/mol. The van der Waals surface area contributed by atoms with E-state index >= 15 is 0 Å². The zero-order chi connectivity index (χ0) is 29.6. The number of aryl methyl sites for hydroxylation is 2. The van der Waals surface area contributed by atoms with E-state index < -0.39 is 12.1 Å². The van der Waals surface area contributed by atoms with Crippen LogP contribution in [-0.4, -0.2) is 69.8 Å². The molecule has 40 heavy (non-hydrogen) atoms. The van der Waals surface area contributed by atoms with Crippen molar-refractivity contribution in [3.05, 3.63) is 59.7 Å². The number of hydrogen-bond acceptors (Lipinski definition) is 11. The Bertz CT molecular complexity index is 1650. The van der Waals surface area contributed by atoms with E-state index in [9.17, 15) is 18.0 Å². The van der Waals surface area contributed by atoms with E-state index in [1.165, 1.54) is 7.11 Å². The molecule has 5 rings (SSSR count). The summed E-state index contributed by atoms with van der Waals surface area (Å²) in [7, 11) is 1.36. The predicted octanol–water partition coefficient (Wildman–Crippen LogP) is 2.43. The van der Waals surface area contributed by atoms with Gasteiger partial charge in [-0.05, 0) is 31.5 Å². The number of alkyl halides is 3. The first kappa shape index (κ1) is 29.2. The van der Waals surface area contributed by atoms with Crippen molar-refractivity contribution in [3.63, 3.8) is 0 Å². The number of carboxylic acids is 1. The lowest BCUT2D eigenvalue weighted by Gasteiger charge is -2.06. The van der Waals surface area contributed by atoms with Gasteiger partial charge in [0.2, 0.25) is 0 Å². The van der Waals surface area contributed by atoms with Crippen LogP contribution in [0.1, 0.15) is 27.6 Å². The third kappa shape index (κ3) is 7.15. The number of nitrogens with two attached hydrogens (primary N) is 2. The Hall–Kier alpha value is -5.35. The first-order valence-corrected chi connectivity index (χ1v) is 11.2. The van der Waals surface area contributed by atoms with Crippen molar-refractivity contribution < 1.29 is 32.6 Å². The number of carbonyl (C=O) groups is 2. The molecule has 0 unspecified atom stereocenters. The summed E-state index contributed by atoms with van der Waals surface area (Å²) in [5.74, 6) is -1.04. The van der Waals surface area contributed by atoms with Gasteiger partial charge in [-0.3, -0.25) is 0 Å². The van der Waals surface area contributed by atoms with Crippen molar-refractivity contribution in [1.82, 2.24) is 39.5 Å². The van der Waals surface area contributed by atoms with E-state index in [0.717, 1.165) is 5.56 Å². The number of H-pyrrole nitrogens is 1. The van der Waals surface area contributed by atoms with Crippen LogP contribution in [0.5, 0.6) is 0 Å². The molecule has 1 aromatic carbocycles. The molecule has 4 aromatic heterocycles. The normalized spacial score (nSPS) is 10.8. The van der Waals surface area contributed by atoms with Crippen molar-refractivity contribution in [2.75, 3.05) is 18.6 Å². The minimum atomic E-state index is -5.08. The average molecular weight is 560 g/mol. The van der Waals surface area contributed by atoms with Crippen LogP contribution in [-0.2, 0) is 16.1 Å². The highest BCUT2D eigenvalue weighted by Gasteiger charge is 2.38. The van der Waals surface area contributed by atoms with Gasteiger partial charge in [-0.15, -0.1) is 0 Å². The number of benzene rings is 1. The number of esters is 1. The minimum absolute atomic E-state index is 0.351. The number of halogens is 3. The lowest BCUT2D eigenvalue weighted by Crippen LogP contribution is -2.21. The summed E-state index contributed by atoms with van der Waals surface area (Å²) < 4.78 is 38.3. The summed E-state index contributed by atoms with van der Waals surface area (Å²) in [6.07, 6.45) is -1.85. The van der Waals surface area contributed by atoms with Gasteiger partial charge in [-0.1, -0.05) is 12.1 Å². The quantitative estimate of drug-likeness (QED) is 0.234. The molecule has 0 aliphatic carbocycles. The van der Waals surface area contributed by atoms with Gasteiger partial charge >= 0.3 is 18.1 Å². The van der Waals surface area contributed by atoms with Crippen LogP contribution in [0.2, 0.25) is 0 Å². The summed E-state index contributed by atoms with van der Waals surface area (Å²) in [5, 5.41) is 7.12. The number of methoxy groups -OCH3 is 1. The smallest absolute Gasteiger partial charge is 0.475 e. The number of nitrogen functional groups attached to an aromatic ring is 2. The van der Waals surface area contributed by atoms with Crippen LogP contribution in [0.3, 0.4) is 0 Å². The third-order valence-electron chi connectivity index (χ3n) is 5.00. The van der Waals surface area contributed by atoms with E-state index in [4.69, 9.17) is 21.4 Å². The van der Waals surface area contributed by atoms with Crippen molar-refractivity contribution in [1.29, 1.82) is 0 Å². The maximum Gasteiger partial charge on any atom is 0.490 e. The zero-order valence-electron chi connectivity index (χ0n) is 21.3. The summed E-state index contributed by atoms with van der Waals surface area (Å²) in [5.41, 5.74) is 15.6. The highest BCUT2D eigenvalue weighted by atomic mass is 19.4. The highest BCUT2D eigenvalue weighted by molar-refractivity contribution is 5.89. The molecule has 0 amide bonds. The van der Waals surface area contributed by atoms with E-state index in [1.807, 2.05) is 16.7 Å². The number of ether oxygens (including phenoxy) is 1. The van der Waals surface area contributed by atoms with Crippen LogP contribution in [0.15, 0.2) is 36.9 Å². The van der Waals surface area contributed by atoms with Gasteiger partial charge in [-0.2, -0.15) is 13.2 Å². The summed E-state index contributed by atoms with van der Waals surface area (Å²) >= 11 is 0. The van der Waals surface area contributed by atoms with E-state index in [2.05, 4.69) is 39.6 Å². The fourth-order valence-corrected chi connectivity index (χ4v) is 3.22. The van der Waals surface area contributed by atoms with Gasteiger partial charge in [0.15, 0.2) is 22.9 Å². The molecule has 17 heteroatoms. The number of aromatic nitrogens is 8. The van der Waals surface area contributed by atoms with E-state index in [-0.39, 0.29) is 5.97 Å². The van der Waals surface area contributed by atoms with Gasteiger partial charge in [0.25, 0.3) is 0 Å². The molecule has 6 N–H and O–H groups in total. The standard InChI is InChI=1S/C15H15N5O2.C6H7N5.C2HF3O2/c1-9-18-13(16)12-14(19-9)20(8-17-12)7-10-3-5-11(6-4-10)15(21)22-2;1-3-10-5(7)4-6(11-3)9-2-8-4;3-2(4,5)1(6)7/h3-6,8H,7H2,1-2H3,(H2,16,18,19);2H,1H3,(H3,7,8,9,10,11);(H,6,7). The fourth-order valence-electron chi connectivity index (χ4n) is 3.22. The molecule has 0 bridgehead atoms. The number of carbonyl (C=O) groups excluding carboxylic acids is 1. The molecular formula is C23H23F3N10O4. The molecular weight excluding hydrogens is 537 g/mol. The first-order chi connectivity index (χ1) is 18.8. The Morgan fingerprint density at radius 3 is 2.20 bits per heavy atom.